The summed E-state index contributed by atoms with van der Waals surface area (Å²) in [6.45, 7) is 6.32. The summed E-state index contributed by atoms with van der Waals surface area (Å²) in [4.78, 5) is 12.9. The maximum absolute atomic E-state index is 13.5. The Labute approximate surface area is 153 Å². The fourth-order valence-corrected chi connectivity index (χ4v) is 3.26. The number of halogens is 1. The number of carbonyl (C=O) groups is 1. The Morgan fingerprint density at radius 2 is 1.81 bits per heavy atom. The molecule has 0 unspecified atom stereocenters. The number of aryl methyl sites for hydroxylation is 2. The molecule has 0 saturated carbocycles. The minimum Gasteiger partial charge on any atom is -0.344 e. The highest BCUT2D eigenvalue weighted by molar-refractivity contribution is 5.94. The lowest BCUT2D eigenvalue weighted by Gasteiger charge is -2.17. The van der Waals surface area contributed by atoms with Gasteiger partial charge in [0.25, 0.3) is 5.91 Å². The Morgan fingerprint density at radius 3 is 2.50 bits per heavy atom. The summed E-state index contributed by atoms with van der Waals surface area (Å²) in [5.41, 5.74) is 4.39. The molecule has 26 heavy (non-hydrogen) atoms. The summed E-state index contributed by atoms with van der Waals surface area (Å²) < 4.78 is 15.4. The van der Waals surface area contributed by atoms with E-state index in [0.717, 1.165) is 22.4 Å². The van der Waals surface area contributed by atoms with Crippen molar-refractivity contribution in [2.24, 2.45) is 0 Å². The van der Waals surface area contributed by atoms with Crippen LogP contribution in [0.2, 0.25) is 0 Å². The lowest BCUT2D eigenvalue weighted by Crippen LogP contribution is -2.29. The SMILES string of the molecule is Cc1cc(C)n(Cc2cccc(F)c2)c1C(=O)N[C@H](C)c1ccccc1. The van der Waals surface area contributed by atoms with Crippen LogP contribution in [0, 0.1) is 19.7 Å². The van der Waals surface area contributed by atoms with Gasteiger partial charge in [-0.25, -0.2) is 4.39 Å². The number of benzene rings is 2. The molecule has 4 heteroatoms. The molecule has 3 nitrogen and oxygen atoms in total. The van der Waals surface area contributed by atoms with Gasteiger partial charge in [-0.05, 0) is 55.7 Å². The van der Waals surface area contributed by atoms with Gasteiger partial charge in [0.05, 0.1) is 6.04 Å². The van der Waals surface area contributed by atoms with Crippen LogP contribution in [0.15, 0.2) is 60.7 Å². The summed E-state index contributed by atoms with van der Waals surface area (Å²) in [6.07, 6.45) is 0. The van der Waals surface area contributed by atoms with E-state index >= 15 is 0 Å². The Balaban J connectivity index is 1.86. The number of amides is 1. The molecule has 1 atom stereocenters. The fourth-order valence-electron chi connectivity index (χ4n) is 3.26. The molecular weight excluding hydrogens is 327 g/mol. The molecule has 0 saturated heterocycles. The van der Waals surface area contributed by atoms with Crippen LogP contribution in [0.3, 0.4) is 0 Å². The van der Waals surface area contributed by atoms with Crippen molar-refractivity contribution in [1.82, 2.24) is 9.88 Å². The van der Waals surface area contributed by atoms with Gasteiger partial charge in [0.1, 0.15) is 11.5 Å². The third-order valence-corrected chi connectivity index (χ3v) is 4.59. The van der Waals surface area contributed by atoms with Crippen LogP contribution >= 0.6 is 0 Å². The Morgan fingerprint density at radius 1 is 1.08 bits per heavy atom. The van der Waals surface area contributed by atoms with Crippen molar-refractivity contribution in [3.8, 4) is 0 Å². The van der Waals surface area contributed by atoms with Gasteiger partial charge in [0, 0.05) is 12.2 Å². The summed E-state index contributed by atoms with van der Waals surface area (Å²) in [5.74, 6) is -0.393. The van der Waals surface area contributed by atoms with Gasteiger partial charge in [-0.2, -0.15) is 0 Å². The molecule has 0 aliphatic carbocycles. The maximum Gasteiger partial charge on any atom is 0.268 e. The first kappa shape index (κ1) is 17.9. The van der Waals surface area contributed by atoms with E-state index in [1.165, 1.54) is 12.1 Å². The molecule has 3 aromatic rings. The second kappa shape index (κ2) is 7.56. The second-order valence-electron chi connectivity index (χ2n) is 6.64. The van der Waals surface area contributed by atoms with Crippen LogP contribution in [0.1, 0.15) is 45.8 Å². The number of carbonyl (C=O) groups excluding carboxylic acids is 1. The number of aromatic nitrogens is 1. The van der Waals surface area contributed by atoms with E-state index in [0.29, 0.717) is 12.2 Å². The smallest absolute Gasteiger partial charge is 0.268 e. The number of hydrogen-bond donors (Lipinski definition) is 1. The van der Waals surface area contributed by atoms with Crippen LogP contribution in [0.25, 0.3) is 0 Å². The standard InChI is InChI=1S/C22H23FN2O/c1-15-12-16(2)25(14-18-8-7-11-20(23)13-18)21(15)22(26)24-17(3)19-9-5-4-6-10-19/h4-13,17H,14H2,1-3H3,(H,24,26)/t17-/m1/s1. The van der Waals surface area contributed by atoms with Crippen molar-refractivity contribution in [2.75, 3.05) is 0 Å². The van der Waals surface area contributed by atoms with Gasteiger partial charge in [-0.3, -0.25) is 4.79 Å². The second-order valence-corrected chi connectivity index (χ2v) is 6.64. The molecule has 0 fully saturated rings. The van der Waals surface area contributed by atoms with Crippen molar-refractivity contribution in [3.63, 3.8) is 0 Å². The number of rotatable bonds is 5. The molecule has 0 bridgehead atoms. The summed E-state index contributed by atoms with van der Waals surface area (Å²) in [7, 11) is 0. The van der Waals surface area contributed by atoms with E-state index in [2.05, 4.69) is 5.32 Å². The molecular formula is C22H23FN2O. The topological polar surface area (TPSA) is 34.0 Å². The predicted molar refractivity (Wildman–Crippen MR) is 102 cm³/mol. The van der Waals surface area contributed by atoms with E-state index in [4.69, 9.17) is 0 Å². The zero-order valence-corrected chi connectivity index (χ0v) is 15.3. The molecule has 0 aliphatic heterocycles. The van der Waals surface area contributed by atoms with E-state index in [1.54, 1.807) is 6.07 Å². The first-order chi connectivity index (χ1) is 12.5. The molecule has 2 aromatic carbocycles. The van der Waals surface area contributed by atoms with Crippen LogP contribution in [0.5, 0.6) is 0 Å². The molecule has 1 N–H and O–H groups in total. The van der Waals surface area contributed by atoms with E-state index in [-0.39, 0.29) is 17.8 Å². The number of nitrogens with zero attached hydrogens (tertiary/aromatic N) is 1. The average Bonchev–Trinajstić information content (AvgIpc) is 2.89. The van der Waals surface area contributed by atoms with Crippen LogP contribution in [0.4, 0.5) is 4.39 Å². The largest absolute Gasteiger partial charge is 0.344 e. The zero-order valence-electron chi connectivity index (χ0n) is 15.3. The normalized spacial score (nSPS) is 12.0. The Bertz CT molecular complexity index is 915. The van der Waals surface area contributed by atoms with Gasteiger partial charge in [0.2, 0.25) is 0 Å². The molecule has 1 amide bonds. The molecule has 3 rings (SSSR count). The first-order valence-electron chi connectivity index (χ1n) is 8.72. The Hall–Kier alpha value is -2.88. The fraction of sp³-hybridized carbons (Fsp3) is 0.227. The van der Waals surface area contributed by atoms with Gasteiger partial charge in [-0.15, -0.1) is 0 Å². The Kier molecular flexibility index (Phi) is 5.21. The van der Waals surface area contributed by atoms with Crippen molar-refractivity contribution in [3.05, 3.63) is 94.6 Å². The molecule has 134 valence electrons. The highest BCUT2D eigenvalue weighted by Gasteiger charge is 2.19. The zero-order chi connectivity index (χ0) is 18.7. The molecule has 0 radical (unpaired) electrons. The highest BCUT2D eigenvalue weighted by atomic mass is 19.1. The van der Waals surface area contributed by atoms with Crippen LogP contribution < -0.4 is 5.32 Å². The van der Waals surface area contributed by atoms with Crippen molar-refractivity contribution < 1.29 is 9.18 Å². The highest BCUT2D eigenvalue weighted by Crippen LogP contribution is 2.19. The lowest BCUT2D eigenvalue weighted by atomic mass is 10.1. The predicted octanol–water partition coefficient (Wildman–Crippen LogP) is 4.78. The number of hydrogen-bond acceptors (Lipinski definition) is 1. The lowest BCUT2D eigenvalue weighted by molar-refractivity contribution is 0.0930. The van der Waals surface area contributed by atoms with Crippen molar-refractivity contribution in [1.29, 1.82) is 0 Å². The van der Waals surface area contributed by atoms with Crippen LogP contribution in [-0.4, -0.2) is 10.5 Å². The number of nitrogens with one attached hydrogen (secondary N) is 1. The van der Waals surface area contributed by atoms with Crippen molar-refractivity contribution in [2.45, 2.75) is 33.4 Å². The monoisotopic (exact) mass is 350 g/mol. The van der Waals surface area contributed by atoms with Gasteiger partial charge >= 0.3 is 0 Å². The molecule has 1 heterocycles. The minimum atomic E-state index is -0.271. The van der Waals surface area contributed by atoms with Gasteiger partial charge < -0.3 is 9.88 Å². The summed E-state index contributed by atoms with van der Waals surface area (Å²) in [5, 5.41) is 3.07. The van der Waals surface area contributed by atoms with E-state index in [1.807, 2.05) is 67.8 Å². The summed E-state index contributed by atoms with van der Waals surface area (Å²) in [6, 6.07) is 18.2. The van der Waals surface area contributed by atoms with E-state index < -0.39 is 0 Å². The van der Waals surface area contributed by atoms with Gasteiger partial charge in [0.15, 0.2) is 0 Å². The molecule has 1 aromatic heterocycles. The minimum absolute atomic E-state index is 0.0964. The average molecular weight is 350 g/mol. The van der Waals surface area contributed by atoms with Crippen molar-refractivity contribution >= 4 is 5.91 Å². The molecule has 0 aliphatic rings. The summed E-state index contributed by atoms with van der Waals surface area (Å²) >= 11 is 0. The van der Waals surface area contributed by atoms with Gasteiger partial charge in [-0.1, -0.05) is 42.5 Å². The first-order valence-corrected chi connectivity index (χ1v) is 8.72. The third kappa shape index (κ3) is 3.85. The van der Waals surface area contributed by atoms with Crippen LogP contribution in [-0.2, 0) is 6.54 Å². The molecule has 0 spiro atoms. The maximum atomic E-state index is 13.5. The quantitative estimate of drug-likeness (QED) is 0.706. The third-order valence-electron chi connectivity index (χ3n) is 4.59. The van der Waals surface area contributed by atoms with E-state index in [9.17, 15) is 9.18 Å².